The molecule has 0 aliphatic rings. The zero-order chi connectivity index (χ0) is 15.0. The van der Waals surface area contributed by atoms with Gasteiger partial charge < -0.3 is 14.6 Å². The second-order valence-electron chi connectivity index (χ2n) is 4.59. The molecule has 1 unspecified atom stereocenters. The van der Waals surface area contributed by atoms with Crippen LogP contribution < -0.4 is 4.74 Å². The predicted octanol–water partition coefficient (Wildman–Crippen LogP) is 3.65. The first-order valence-corrected chi connectivity index (χ1v) is 7.00. The molecular formula is C15H22F2O3. The van der Waals surface area contributed by atoms with Crippen LogP contribution in [0.5, 0.6) is 5.75 Å². The van der Waals surface area contributed by atoms with Gasteiger partial charge in [-0.1, -0.05) is 32.8 Å². The number of hydrogen-bond donors (Lipinski definition) is 1. The first-order chi connectivity index (χ1) is 9.60. The SMILES string of the molecule is CCCCCO[C@@H](Oc1cccc(F)c1F)C(O)CC. The van der Waals surface area contributed by atoms with Crippen LogP contribution in [0.1, 0.15) is 39.5 Å². The van der Waals surface area contributed by atoms with E-state index in [9.17, 15) is 13.9 Å². The van der Waals surface area contributed by atoms with E-state index < -0.39 is 24.0 Å². The van der Waals surface area contributed by atoms with Gasteiger partial charge in [-0.15, -0.1) is 0 Å². The molecule has 2 atom stereocenters. The maximum atomic E-state index is 13.5. The first kappa shape index (κ1) is 16.9. The lowest BCUT2D eigenvalue weighted by Crippen LogP contribution is -2.34. The van der Waals surface area contributed by atoms with Gasteiger partial charge in [0.05, 0.1) is 6.61 Å². The fourth-order valence-electron chi connectivity index (χ4n) is 1.67. The van der Waals surface area contributed by atoms with E-state index in [1.54, 1.807) is 6.92 Å². The van der Waals surface area contributed by atoms with E-state index in [-0.39, 0.29) is 5.75 Å². The molecule has 0 bridgehead atoms. The molecule has 0 amide bonds. The van der Waals surface area contributed by atoms with E-state index in [2.05, 4.69) is 6.92 Å². The molecule has 1 rings (SSSR count). The molecule has 0 aliphatic heterocycles. The van der Waals surface area contributed by atoms with Gasteiger partial charge in [-0.2, -0.15) is 4.39 Å². The minimum atomic E-state index is -1.07. The monoisotopic (exact) mass is 288 g/mol. The summed E-state index contributed by atoms with van der Waals surface area (Å²) in [6, 6.07) is 3.67. The summed E-state index contributed by atoms with van der Waals surface area (Å²) in [6.07, 6.45) is 1.40. The molecule has 0 fully saturated rings. The van der Waals surface area contributed by atoms with Crippen molar-refractivity contribution in [3.63, 3.8) is 0 Å². The van der Waals surface area contributed by atoms with Crippen molar-refractivity contribution in [3.8, 4) is 5.75 Å². The van der Waals surface area contributed by atoms with Crippen molar-refractivity contribution in [2.45, 2.75) is 51.9 Å². The molecular weight excluding hydrogens is 266 g/mol. The Bertz CT molecular complexity index is 399. The van der Waals surface area contributed by atoms with E-state index in [4.69, 9.17) is 9.47 Å². The fourth-order valence-corrected chi connectivity index (χ4v) is 1.67. The van der Waals surface area contributed by atoms with Crippen molar-refractivity contribution in [3.05, 3.63) is 29.8 Å². The van der Waals surface area contributed by atoms with Gasteiger partial charge in [-0.25, -0.2) is 4.39 Å². The average molecular weight is 288 g/mol. The Morgan fingerprint density at radius 2 is 1.95 bits per heavy atom. The Hall–Kier alpha value is -1.20. The van der Waals surface area contributed by atoms with Gasteiger partial charge >= 0.3 is 0 Å². The number of unbranched alkanes of at least 4 members (excludes halogenated alkanes) is 2. The number of rotatable bonds is 9. The van der Waals surface area contributed by atoms with Crippen LogP contribution in [0.4, 0.5) is 8.78 Å². The number of hydrogen-bond acceptors (Lipinski definition) is 3. The Morgan fingerprint density at radius 1 is 1.20 bits per heavy atom. The molecule has 0 aliphatic carbocycles. The van der Waals surface area contributed by atoms with Gasteiger partial charge in [0.2, 0.25) is 12.1 Å². The normalized spacial score (nSPS) is 14.1. The molecule has 20 heavy (non-hydrogen) atoms. The summed E-state index contributed by atoms with van der Waals surface area (Å²) >= 11 is 0. The molecule has 0 saturated heterocycles. The zero-order valence-electron chi connectivity index (χ0n) is 11.9. The minimum Gasteiger partial charge on any atom is -0.459 e. The Balaban J connectivity index is 2.66. The smallest absolute Gasteiger partial charge is 0.226 e. The molecule has 0 heterocycles. The molecule has 0 spiro atoms. The summed E-state index contributed by atoms with van der Waals surface area (Å²) < 4.78 is 37.3. The van der Waals surface area contributed by atoms with Crippen LogP contribution in [0, 0.1) is 11.6 Å². The lowest BCUT2D eigenvalue weighted by atomic mass is 10.2. The van der Waals surface area contributed by atoms with E-state index in [0.29, 0.717) is 13.0 Å². The quantitative estimate of drug-likeness (QED) is 0.557. The van der Waals surface area contributed by atoms with Gasteiger partial charge in [0.15, 0.2) is 11.6 Å². The van der Waals surface area contributed by atoms with Gasteiger partial charge in [0, 0.05) is 0 Å². The van der Waals surface area contributed by atoms with Crippen molar-refractivity contribution in [2.24, 2.45) is 0 Å². The van der Waals surface area contributed by atoms with E-state index >= 15 is 0 Å². The van der Waals surface area contributed by atoms with Crippen molar-refractivity contribution >= 4 is 0 Å². The second-order valence-corrected chi connectivity index (χ2v) is 4.59. The zero-order valence-corrected chi connectivity index (χ0v) is 11.9. The largest absolute Gasteiger partial charge is 0.459 e. The fraction of sp³-hybridized carbons (Fsp3) is 0.600. The molecule has 3 nitrogen and oxygen atoms in total. The third-order valence-electron chi connectivity index (χ3n) is 2.92. The van der Waals surface area contributed by atoms with Gasteiger partial charge in [0.25, 0.3) is 0 Å². The Labute approximate surface area is 118 Å². The predicted molar refractivity (Wildman–Crippen MR) is 72.5 cm³/mol. The van der Waals surface area contributed by atoms with Crippen molar-refractivity contribution in [1.29, 1.82) is 0 Å². The van der Waals surface area contributed by atoms with Crippen molar-refractivity contribution in [1.82, 2.24) is 0 Å². The van der Waals surface area contributed by atoms with Gasteiger partial charge in [-0.3, -0.25) is 0 Å². The Kier molecular flexibility index (Phi) is 7.47. The Morgan fingerprint density at radius 3 is 2.60 bits per heavy atom. The lowest BCUT2D eigenvalue weighted by Gasteiger charge is -2.23. The summed E-state index contributed by atoms with van der Waals surface area (Å²) in [7, 11) is 0. The average Bonchev–Trinajstić information content (AvgIpc) is 2.45. The number of halogens is 2. The standard InChI is InChI=1S/C15H22F2O3/c1-3-5-6-10-19-15(12(18)4-2)20-13-9-7-8-11(16)14(13)17/h7-9,12,15,18H,3-6,10H2,1-2H3/t12?,15-/m0/s1. The van der Waals surface area contributed by atoms with Crippen LogP contribution in [0.15, 0.2) is 18.2 Å². The van der Waals surface area contributed by atoms with Crippen molar-refractivity contribution in [2.75, 3.05) is 6.61 Å². The van der Waals surface area contributed by atoms with Gasteiger partial charge in [0.1, 0.15) is 6.10 Å². The maximum absolute atomic E-state index is 13.5. The third kappa shape index (κ3) is 5.06. The summed E-state index contributed by atoms with van der Waals surface area (Å²) in [6.45, 7) is 4.24. The highest BCUT2D eigenvalue weighted by Crippen LogP contribution is 2.22. The van der Waals surface area contributed by atoms with E-state index in [0.717, 1.165) is 25.3 Å². The maximum Gasteiger partial charge on any atom is 0.226 e. The molecule has 5 heteroatoms. The lowest BCUT2D eigenvalue weighted by molar-refractivity contribution is -0.147. The second kappa shape index (κ2) is 8.87. The number of aliphatic hydroxyl groups excluding tert-OH is 1. The highest BCUT2D eigenvalue weighted by atomic mass is 19.2. The van der Waals surface area contributed by atoms with Crippen LogP contribution in [0.3, 0.4) is 0 Å². The summed E-state index contributed by atoms with van der Waals surface area (Å²) in [4.78, 5) is 0. The summed E-state index contributed by atoms with van der Waals surface area (Å²) in [5.74, 6) is -2.31. The van der Waals surface area contributed by atoms with Crippen LogP contribution in [-0.4, -0.2) is 24.1 Å². The van der Waals surface area contributed by atoms with Crippen LogP contribution >= 0.6 is 0 Å². The van der Waals surface area contributed by atoms with E-state index in [1.807, 2.05) is 0 Å². The van der Waals surface area contributed by atoms with Gasteiger partial charge in [-0.05, 0) is 25.0 Å². The molecule has 1 aromatic rings. The highest BCUT2D eigenvalue weighted by molar-refractivity contribution is 5.25. The summed E-state index contributed by atoms with van der Waals surface area (Å²) in [5.41, 5.74) is 0. The van der Waals surface area contributed by atoms with E-state index in [1.165, 1.54) is 12.1 Å². The summed E-state index contributed by atoms with van der Waals surface area (Å²) in [5, 5.41) is 9.83. The topological polar surface area (TPSA) is 38.7 Å². The minimum absolute atomic E-state index is 0.252. The molecule has 0 aromatic heterocycles. The molecule has 1 N–H and O–H groups in total. The number of ether oxygens (including phenoxy) is 2. The molecule has 0 radical (unpaired) electrons. The first-order valence-electron chi connectivity index (χ1n) is 7.00. The number of benzene rings is 1. The molecule has 0 saturated carbocycles. The molecule has 1 aromatic carbocycles. The van der Waals surface area contributed by atoms with Crippen LogP contribution in [-0.2, 0) is 4.74 Å². The highest BCUT2D eigenvalue weighted by Gasteiger charge is 2.22. The van der Waals surface area contributed by atoms with Crippen molar-refractivity contribution < 1.29 is 23.4 Å². The third-order valence-corrected chi connectivity index (χ3v) is 2.92. The molecule has 114 valence electrons. The number of aliphatic hydroxyl groups is 1. The van der Waals surface area contributed by atoms with Crippen LogP contribution in [0.2, 0.25) is 0 Å². The van der Waals surface area contributed by atoms with Crippen LogP contribution in [0.25, 0.3) is 0 Å².